The molecule has 0 aliphatic carbocycles. The van der Waals surface area contributed by atoms with E-state index in [0.717, 1.165) is 12.1 Å². The van der Waals surface area contributed by atoms with Crippen LogP contribution in [0.4, 0.5) is 0 Å². The van der Waals surface area contributed by atoms with E-state index in [4.69, 9.17) is 5.73 Å². The molecule has 1 atom stereocenters. The quantitative estimate of drug-likeness (QED) is 0.894. The Kier molecular flexibility index (Phi) is 3.78. The molecule has 0 amide bonds. The molecular weight excluding hydrogens is 220 g/mol. The van der Waals surface area contributed by atoms with Gasteiger partial charge in [-0.15, -0.1) is 0 Å². The topological polar surface area (TPSA) is 38.9 Å². The molecule has 1 unspecified atom stereocenters. The fraction of sp³-hybridized carbons (Fsp3) is 0.312. The van der Waals surface area contributed by atoms with Crippen LogP contribution in [0.2, 0.25) is 0 Å². The highest BCUT2D eigenvalue weighted by Crippen LogP contribution is 2.24. The van der Waals surface area contributed by atoms with Crippen LogP contribution < -0.4 is 5.73 Å². The first kappa shape index (κ1) is 12.8. The number of rotatable bonds is 3. The van der Waals surface area contributed by atoms with Gasteiger partial charge in [0.25, 0.3) is 0 Å². The predicted molar refractivity (Wildman–Crippen MR) is 75.5 cm³/mol. The standard InChI is InChI=1S/C16H20N2/c1-11-8-12(2)16(13(3)9-11)15(17)10-14-6-4-5-7-18-14/h4-9,15H,10,17H2,1-3H3. The number of aryl methyl sites for hydroxylation is 3. The molecule has 0 saturated heterocycles. The minimum atomic E-state index is 0.0144. The van der Waals surface area contributed by atoms with Crippen molar-refractivity contribution in [1.82, 2.24) is 4.98 Å². The number of hydrogen-bond donors (Lipinski definition) is 1. The van der Waals surface area contributed by atoms with Gasteiger partial charge in [0.05, 0.1) is 0 Å². The first-order valence-corrected chi connectivity index (χ1v) is 6.31. The fourth-order valence-electron chi connectivity index (χ4n) is 2.62. The molecule has 0 aliphatic heterocycles. The fourth-order valence-corrected chi connectivity index (χ4v) is 2.62. The van der Waals surface area contributed by atoms with Crippen LogP contribution in [-0.2, 0) is 6.42 Å². The van der Waals surface area contributed by atoms with Crippen molar-refractivity contribution in [3.8, 4) is 0 Å². The summed E-state index contributed by atoms with van der Waals surface area (Å²) in [7, 11) is 0. The van der Waals surface area contributed by atoms with E-state index in [2.05, 4.69) is 37.9 Å². The highest BCUT2D eigenvalue weighted by Gasteiger charge is 2.13. The molecule has 1 aromatic carbocycles. The molecule has 0 saturated carbocycles. The van der Waals surface area contributed by atoms with Crippen LogP contribution in [0.25, 0.3) is 0 Å². The van der Waals surface area contributed by atoms with Crippen LogP contribution in [0.3, 0.4) is 0 Å². The van der Waals surface area contributed by atoms with Gasteiger partial charge in [0.15, 0.2) is 0 Å². The number of nitrogens with two attached hydrogens (primary N) is 1. The zero-order valence-corrected chi connectivity index (χ0v) is 11.3. The van der Waals surface area contributed by atoms with E-state index in [1.165, 1.54) is 22.3 Å². The van der Waals surface area contributed by atoms with Crippen molar-refractivity contribution >= 4 is 0 Å². The average Bonchev–Trinajstić information content (AvgIpc) is 2.28. The van der Waals surface area contributed by atoms with E-state index in [1.807, 2.05) is 24.4 Å². The molecule has 18 heavy (non-hydrogen) atoms. The molecular formula is C16H20N2. The number of benzene rings is 1. The Labute approximate surface area is 109 Å². The van der Waals surface area contributed by atoms with Crippen molar-refractivity contribution in [3.63, 3.8) is 0 Å². The maximum absolute atomic E-state index is 6.34. The summed E-state index contributed by atoms with van der Waals surface area (Å²) >= 11 is 0. The first-order valence-electron chi connectivity index (χ1n) is 6.31. The second-order valence-electron chi connectivity index (χ2n) is 4.94. The molecule has 2 heteroatoms. The molecule has 1 aromatic heterocycles. The molecule has 2 nitrogen and oxygen atoms in total. The van der Waals surface area contributed by atoms with Crippen molar-refractivity contribution in [1.29, 1.82) is 0 Å². The Morgan fingerprint density at radius 1 is 1.11 bits per heavy atom. The molecule has 0 radical (unpaired) electrons. The smallest absolute Gasteiger partial charge is 0.0422 e. The molecule has 2 rings (SSSR count). The van der Waals surface area contributed by atoms with Crippen molar-refractivity contribution in [2.24, 2.45) is 5.73 Å². The molecule has 2 aromatic rings. The minimum Gasteiger partial charge on any atom is -0.324 e. The summed E-state index contributed by atoms with van der Waals surface area (Å²) in [5, 5.41) is 0. The van der Waals surface area contributed by atoms with Crippen LogP contribution in [0.5, 0.6) is 0 Å². The van der Waals surface area contributed by atoms with Crippen LogP contribution in [0.1, 0.15) is 34.0 Å². The normalized spacial score (nSPS) is 12.4. The van der Waals surface area contributed by atoms with Crippen LogP contribution in [0.15, 0.2) is 36.5 Å². The third kappa shape index (κ3) is 2.77. The van der Waals surface area contributed by atoms with E-state index in [1.54, 1.807) is 0 Å². The van der Waals surface area contributed by atoms with Crippen LogP contribution in [0, 0.1) is 20.8 Å². The van der Waals surface area contributed by atoms with E-state index < -0.39 is 0 Å². The Hall–Kier alpha value is -1.67. The molecule has 0 fully saturated rings. The van der Waals surface area contributed by atoms with Crippen molar-refractivity contribution in [3.05, 3.63) is 64.5 Å². The van der Waals surface area contributed by atoms with Gasteiger partial charge in [-0.05, 0) is 49.6 Å². The lowest BCUT2D eigenvalue weighted by molar-refractivity contribution is 0.696. The van der Waals surface area contributed by atoms with Crippen LogP contribution in [-0.4, -0.2) is 4.98 Å². The molecule has 1 heterocycles. The van der Waals surface area contributed by atoms with Gasteiger partial charge in [0.2, 0.25) is 0 Å². The van der Waals surface area contributed by atoms with Crippen molar-refractivity contribution < 1.29 is 0 Å². The first-order chi connectivity index (χ1) is 8.58. The number of pyridine rings is 1. The summed E-state index contributed by atoms with van der Waals surface area (Å²) in [5.74, 6) is 0. The summed E-state index contributed by atoms with van der Waals surface area (Å²) in [6, 6.07) is 10.4. The summed E-state index contributed by atoms with van der Waals surface area (Å²) in [6.45, 7) is 6.38. The van der Waals surface area contributed by atoms with Crippen molar-refractivity contribution in [2.75, 3.05) is 0 Å². The van der Waals surface area contributed by atoms with E-state index in [9.17, 15) is 0 Å². The molecule has 0 spiro atoms. The van der Waals surface area contributed by atoms with E-state index >= 15 is 0 Å². The Morgan fingerprint density at radius 2 is 1.78 bits per heavy atom. The van der Waals surface area contributed by atoms with Gasteiger partial charge in [-0.25, -0.2) is 0 Å². The lowest BCUT2D eigenvalue weighted by atomic mass is 9.92. The monoisotopic (exact) mass is 240 g/mol. The predicted octanol–water partition coefficient (Wildman–Crippen LogP) is 3.25. The van der Waals surface area contributed by atoms with Gasteiger partial charge in [-0.2, -0.15) is 0 Å². The molecule has 0 aliphatic rings. The summed E-state index contributed by atoms with van der Waals surface area (Å²) in [5.41, 5.74) is 12.5. The Balaban J connectivity index is 2.27. The third-order valence-electron chi connectivity index (χ3n) is 3.26. The number of aromatic nitrogens is 1. The van der Waals surface area contributed by atoms with Gasteiger partial charge in [0.1, 0.15) is 0 Å². The molecule has 2 N–H and O–H groups in total. The highest BCUT2D eigenvalue weighted by atomic mass is 14.7. The van der Waals surface area contributed by atoms with Gasteiger partial charge in [-0.1, -0.05) is 23.8 Å². The third-order valence-corrected chi connectivity index (χ3v) is 3.26. The minimum absolute atomic E-state index is 0.0144. The van der Waals surface area contributed by atoms with Gasteiger partial charge < -0.3 is 5.73 Å². The van der Waals surface area contributed by atoms with Crippen LogP contribution >= 0.6 is 0 Å². The maximum atomic E-state index is 6.34. The zero-order chi connectivity index (χ0) is 13.1. The Bertz CT molecular complexity index is 509. The second kappa shape index (κ2) is 5.32. The lowest BCUT2D eigenvalue weighted by Crippen LogP contribution is -2.17. The largest absolute Gasteiger partial charge is 0.324 e. The molecule has 94 valence electrons. The number of nitrogens with zero attached hydrogens (tertiary/aromatic N) is 1. The lowest BCUT2D eigenvalue weighted by Gasteiger charge is -2.18. The van der Waals surface area contributed by atoms with Gasteiger partial charge in [0, 0.05) is 24.4 Å². The van der Waals surface area contributed by atoms with E-state index in [0.29, 0.717) is 0 Å². The SMILES string of the molecule is Cc1cc(C)c(C(N)Cc2ccccn2)c(C)c1. The Morgan fingerprint density at radius 3 is 2.33 bits per heavy atom. The van der Waals surface area contributed by atoms with E-state index in [-0.39, 0.29) is 6.04 Å². The highest BCUT2D eigenvalue weighted by molar-refractivity contribution is 5.40. The zero-order valence-electron chi connectivity index (χ0n) is 11.3. The summed E-state index contributed by atoms with van der Waals surface area (Å²) in [4.78, 5) is 4.34. The number of hydrogen-bond acceptors (Lipinski definition) is 2. The van der Waals surface area contributed by atoms with Gasteiger partial charge in [-0.3, -0.25) is 4.98 Å². The average molecular weight is 240 g/mol. The summed E-state index contributed by atoms with van der Waals surface area (Å²) < 4.78 is 0. The molecule has 0 bridgehead atoms. The van der Waals surface area contributed by atoms with Crippen molar-refractivity contribution in [2.45, 2.75) is 33.2 Å². The maximum Gasteiger partial charge on any atom is 0.0422 e. The van der Waals surface area contributed by atoms with Gasteiger partial charge >= 0.3 is 0 Å². The second-order valence-corrected chi connectivity index (χ2v) is 4.94. The summed E-state index contributed by atoms with van der Waals surface area (Å²) in [6.07, 6.45) is 2.60.